The quantitative estimate of drug-likeness (QED) is 0.874. The first-order valence-corrected chi connectivity index (χ1v) is 10.3. The molecular formula is C21H29ClN2O. The standard InChI is InChI=1S/C21H29ClN2O/c22-19-10-7-9-18-17-8-3-4-11-20(17)24(21(18)19)15-16(25)14-23-12-5-1-2-6-13-23/h7,9-10,16,25H,1-6,8,11-15H2. The van der Waals surface area contributed by atoms with Gasteiger partial charge >= 0.3 is 0 Å². The highest BCUT2D eigenvalue weighted by Gasteiger charge is 2.23. The van der Waals surface area contributed by atoms with Crippen LogP contribution in [0.2, 0.25) is 5.02 Å². The summed E-state index contributed by atoms with van der Waals surface area (Å²) in [5, 5.41) is 12.9. The van der Waals surface area contributed by atoms with Crippen LogP contribution >= 0.6 is 11.6 Å². The van der Waals surface area contributed by atoms with Crippen molar-refractivity contribution in [1.29, 1.82) is 0 Å². The number of aliphatic hydroxyl groups excluding tert-OH is 1. The molecule has 1 fully saturated rings. The molecular weight excluding hydrogens is 332 g/mol. The van der Waals surface area contributed by atoms with Crippen molar-refractivity contribution in [2.45, 2.75) is 64.0 Å². The van der Waals surface area contributed by atoms with E-state index in [1.807, 2.05) is 6.07 Å². The van der Waals surface area contributed by atoms with Crippen LogP contribution in [0, 0.1) is 0 Å². The molecule has 1 aliphatic carbocycles. The summed E-state index contributed by atoms with van der Waals surface area (Å²) >= 11 is 6.57. The molecule has 3 nitrogen and oxygen atoms in total. The number of aromatic nitrogens is 1. The Hall–Kier alpha value is -1.03. The molecule has 0 radical (unpaired) electrons. The van der Waals surface area contributed by atoms with Gasteiger partial charge in [0.2, 0.25) is 0 Å². The van der Waals surface area contributed by atoms with Gasteiger partial charge in [0.25, 0.3) is 0 Å². The highest BCUT2D eigenvalue weighted by Crippen LogP contribution is 2.35. The zero-order chi connectivity index (χ0) is 17.2. The number of hydrogen-bond donors (Lipinski definition) is 1. The van der Waals surface area contributed by atoms with E-state index in [0.29, 0.717) is 6.54 Å². The number of halogens is 1. The molecule has 0 amide bonds. The third-order valence-corrected chi connectivity index (χ3v) is 6.21. The van der Waals surface area contributed by atoms with Crippen molar-refractivity contribution in [3.8, 4) is 0 Å². The average molecular weight is 361 g/mol. The van der Waals surface area contributed by atoms with E-state index in [-0.39, 0.29) is 6.10 Å². The van der Waals surface area contributed by atoms with Crippen LogP contribution in [-0.4, -0.2) is 40.3 Å². The largest absolute Gasteiger partial charge is 0.390 e. The number of β-amino-alcohol motifs (C(OH)–C–C–N with tert-alkyl or cyclic N) is 1. The van der Waals surface area contributed by atoms with Gasteiger partial charge in [-0.1, -0.05) is 36.6 Å². The van der Waals surface area contributed by atoms with Crippen LogP contribution in [0.1, 0.15) is 49.8 Å². The van der Waals surface area contributed by atoms with Gasteiger partial charge in [0.05, 0.1) is 23.2 Å². The Bertz CT molecular complexity index is 731. The van der Waals surface area contributed by atoms with Crippen molar-refractivity contribution in [2.75, 3.05) is 19.6 Å². The van der Waals surface area contributed by atoms with Gasteiger partial charge < -0.3 is 14.6 Å². The van der Waals surface area contributed by atoms with Gasteiger partial charge in [-0.3, -0.25) is 0 Å². The third kappa shape index (κ3) is 3.60. The summed E-state index contributed by atoms with van der Waals surface area (Å²) < 4.78 is 2.33. The Morgan fingerprint density at radius 3 is 2.52 bits per heavy atom. The van der Waals surface area contributed by atoms with E-state index in [2.05, 4.69) is 21.6 Å². The number of hydrogen-bond acceptors (Lipinski definition) is 2. The summed E-state index contributed by atoms with van der Waals surface area (Å²) in [4.78, 5) is 2.44. The summed E-state index contributed by atoms with van der Waals surface area (Å²) in [5.41, 5.74) is 4.00. The van der Waals surface area contributed by atoms with Crippen LogP contribution in [0.4, 0.5) is 0 Å². The van der Waals surface area contributed by atoms with E-state index < -0.39 is 0 Å². The molecule has 1 saturated heterocycles. The second kappa shape index (κ2) is 7.69. The summed E-state index contributed by atoms with van der Waals surface area (Å²) in [7, 11) is 0. The van der Waals surface area contributed by atoms with Crippen LogP contribution in [0.5, 0.6) is 0 Å². The highest BCUT2D eigenvalue weighted by molar-refractivity contribution is 6.35. The summed E-state index contributed by atoms with van der Waals surface area (Å²) in [5.74, 6) is 0. The molecule has 4 rings (SSSR count). The summed E-state index contributed by atoms with van der Waals surface area (Å²) in [6.07, 6.45) is 9.60. The van der Waals surface area contributed by atoms with Gasteiger partial charge in [0, 0.05) is 17.6 Å². The Labute approximate surface area is 155 Å². The Balaban J connectivity index is 1.60. The first-order chi connectivity index (χ1) is 12.2. The van der Waals surface area contributed by atoms with E-state index in [1.54, 1.807) is 0 Å². The van der Waals surface area contributed by atoms with Crippen molar-refractivity contribution in [1.82, 2.24) is 9.47 Å². The maximum absolute atomic E-state index is 10.8. The van der Waals surface area contributed by atoms with Gasteiger partial charge in [0.1, 0.15) is 0 Å². The fourth-order valence-corrected chi connectivity index (χ4v) is 5.01. The van der Waals surface area contributed by atoms with E-state index in [9.17, 15) is 5.11 Å². The maximum atomic E-state index is 10.8. The zero-order valence-electron chi connectivity index (χ0n) is 15.0. The lowest BCUT2D eigenvalue weighted by Gasteiger charge is -2.25. The monoisotopic (exact) mass is 360 g/mol. The lowest BCUT2D eigenvalue weighted by Crippen LogP contribution is -2.35. The molecule has 25 heavy (non-hydrogen) atoms. The molecule has 4 heteroatoms. The third-order valence-electron chi connectivity index (χ3n) is 5.91. The Kier molecular flexibility index (Phi) is 5.35. The first-order valence-electron chi connectivity index (χ1n) is 9.93. The summed E-state index contributed by atoms with van der Waals surface area (Å²) in [6, 6.07) is 6.23. The van der Waals surface area contributed by atoms with E-state index >= 15 is 0 Å². The fourth-order valence-electron chi connectivity index (χ4n) is 4.73. The smallest absolute Gasteiger partial charge is 0.0845 e. The van der Waals surface area contributed by atoms with Gasteiger partial charge in [-0.2, -0.15) is 0 Å². The number of aliphatic hydroxyl groups is 1. The minimum absolute atomic E-state index is 0.337. The van der Waals surface area contributed by atoms with Crippen molar-refractivity contribution in [3.05, 3.63) is 34.5 Å². The molecule has 136 valence electrons. The Morgan fingerprint density at radius 2 is 1.72 bits per heavy atom. The minimum Gasteiger partial charge on any atom is -0.390 e. The first kappa shape index (κ1) is 17.4. The van der Waals surface area contributed by atoms with Crippen LogP contribution in [0.15, 0.2) is 18.2 Å². The number of likely N-dealkylation sites (tertiary alicyclic amines) is 1. The van der Waals surface area contributed by atoms with Crippen LogP contribution in [0.3, 0.4) is 0 Å². The molecule has 1 unspecified atom stereocenters. The fraction of sp³-hybridized carbons (Fsp3) is 0.619. The van der Waals surface area contributed by atoms with Crippen LogP contribution < -0.4 is 0 Å². The predicted molar refractivity (Wildman–Crippen MR) is 105 cm³/mol. The maximum Gasteiger partial charge on any atom is 0.0845 e. The lowest BCUT2D eigenvalue weighted by atomic mass is 9.95. The molecule has 0 spiro atoms. The number of rotatable bonds is 4. The van der Waals surface area contributed by atoms with Crippen molar-refractivity contribution < 1.29 is 5.11 Å². The number of benzene rings is 1. The molecule has 0 saturated carbocycles. The topological polar surface area (TPSA) is 28.4 Å². The SMILES string of the molecule is OC(CN1CCCCCC1)Cn1c2c(c3cccc(Cl)c31)CCCC2. The van der Waals surface area contributed by atoms with Crippen molar-refractivity contribution >= 4 is 22.5 Å². The molecule has 2 heterocycles. The molecule has 0 bridgehead atoms. The predicted octanol–water partition coefficient (Wildman–Crippen LogP) is 4.41. The number of aryl methyl sites for hydroxylation is 1. The molecule has 2 aromatic rings. The number of fused-ring (bicyclic) bond motifs is 3. The molecule has 1 aromatic carbocycles. The van der Waals surface area contributed by atoms with Gasteiger partial charge in [0.15, 0.2) is 0 Å². The molecule has 1 atom stereocenters. The van der Waals surface area contributed by atoms with Gasteiger partial charge in [-0.25, -0.2) is 0 Å². The lowest BCUT2D eigenvalue weighted by molar-refractivity contribution is 0.0999. The summed E-state index contributed by atoms with van der Waals surface area (Å²) in [6.45, 7) is 3.69. The van der Waals surface area contributed by atoms with Crippen LogP contribution in [-0.2, 0) is 19.4 Å². The normalized spacial score (nSPS) is 20.4. The number of nitrogens with zero attached hydrogens (tertiary/aromatic N) is 2. The van der Waals surface area contributed by atoms with E-state index in [0.717, 1.165) is 43.0 Å². The van der Waals surface area contributed by atoms with Gasteiger partial charge in [-0.05, 0) is 63.2 Å². The van der Waals surface area contributed by atoms with Crippen molar-refractivity contribution in [3.63, 3.8) is 0 Å². The van der Waals surface area contributed by atoms with E-state index in [1.165, 1.54) is 55.2 Å². The Morgan fingerprint density at radius 1 is 0.960 bits per heavy atom. The van der Waals surface area contributed by atoms with Crippen molar-refractivity contribution in [2.24, 2.45) is 0 Å². The molecule has 2 aliphatic rings. The molecule has 1 aromatic heterocycles. The average Bonchev–Trinajstić information content (AvgIpc) is 2.76. The second-order valence-electron chi connectivity index (χ2n) is 7.75. The van der Waals surface area contributed by atoms with Gasteiger partial charge in [-0.15, -0.1) is 0 Å². The highest BCUT2D eigenvalue weighted by atomic mass is 35.5. The second-order valence-corrected chi connectivity index (χ2v) is 8.15. The molecule has 1 N–H and O–H groups in total. The van der Waals surface area contributed by atoms with Crippen LogP contribution in [0.25, 0.3) is 10.9 Å². The zero-order valence-corrected chi connectivity index (χ0v) is 15.8. The molecule has 1 aliphatic heterocycles. The van der Waals surface area contributed by atoms with E-state index in [4.69, 9.17) is 11.6 Å². The number of para-hydroxylation sites is 1. The minimum atomic E-state index is -0.337.